The second-order valence-corrected chi connectivity index (χ2v) is 5.20. The van der Waals surface area contributed by atoms with Gasteiger partial charge in [0.25, 0.3) is 0 Å². The minimum absolute atomic E-state index is 0.0595. The van der Waals surface area contributed by atoms with Crippen LogP contribution < -0.4 is 0 Å². The number of thiocarbonyl (C=S) groups is 1. The Morgan fingerprint density at radius 1 is 1.05 bits per heavy atom. The molecule has 0 unspecified atom stereocenters. The molecule has 0 atom stereocenters. The van der Waals surface area contributed by atoms with Gasteiger partial charge in [-0.25, -0.2) is 0 Å². The highest BCUT2D eigenvalue weighted by Gasteiger charge is 2.31. The van der Waals surface area contributed by atoms with Gasteiger partial charge in [0.05, 0.1) is 4.86 Å². The fourth-order valence-electron chi connectivity index (χ4n) is 2.56. The average Bonchev–Trinajstić information content (AvgIpc) is 2.40. The Morgan fingerprint density at radius 3 is 2.37 bits per heavy atom. The average molecular weight is 268 g/mol. The Bertz CT molecular complexity index is 745. The summed E-state index contributed by atoms with van der Waals surface area (Å²) < 4.78 is 0. The molecule has 3 rings (SSSR count). The molecule has 2 aromatic rings. The normalized spacial score (nSPS) is 13.2. The van der Waals surface area contributed by atoms with Crippen molar-refractivity contribution in [1.82, 2.24) is 0 Å². The van der Waals surface area contributed by atoms with Crippen LogP contribution in [0, 0.1) is 13.8 Å². The van der Waals surface area contributed by atoms with Gasteiger partial charge in [-0.1, -0.05) is 36.5 Å². The number of carbonyl (C=O) groups is 1. The van der Waals surface area contributed by atoms with E-state index in [2.05, 4.69) is 0 Å². The Morgan fingerprint density at radius 2 is 1.68 bits per heavy atom. The molecule has 1 aliphatic carbocycles. The highest BCUT2D eigenvalue weighted by molar-refractivity contribution is 7.81. The van der Waals surface area contributed by atoms with E-state index < -0.39 is 0 Å². The maximum atomic E-state index is 12.6. The molecule has 0 fully saturated rings. The van der Waals surface area contributed by atoms with E-state index >= 15 is 0 Å². The first-order valence-electron chi connectivity index (χ1n) is 6.04. The summed E-state index contributed by atoms with van der Waals surface area (Å²) in [5.41, 5.74) is 4.17. The van der Waals surface area contributed by atoms with Gasteiger partial charge in [0.15, 0.2) is 5.78 Å². The third-order valence-corrected chi connectivity index (χ3v) is 4.12. The van der Waals surface area contributed by atoms with Crippen LogP contribution in [0.15, 0.2) is 30.3 Å². The lowest BCUT2D eigenvalue weighted by Gasteiger charge is -2.23. The van der Waals surface area contributed by atoms with Crippen molar-refractivity contribution < 1.29 is 9.90 Å². The molecule has 0 heterocycles. The van der Waals surface area contributed by atoms with Gasteiger partial charge in [0.2, 0.25) is 0 Å². The van der Waals surface area contributed by atoms with Crippen LogP contribution in [0.1, 0.15) is 38.2 Å². The van der Waals surface area contributed by atoms with E-state index in [9.17, 15) is 9.90 Å². The summed E-state index contributed by atoms with van der Waals surface area (Å²) in [5, 5.41) is 10.1. The molecule has 0 aliphatic heterocycles. The predicted molar refractivity (Wildman–Crippen MR) is 78.3 cm³/mol. The van der Waals surface area contributed by atoms with Crippen molar-refractivity contribution >= 4 is 22.9 Å². The number of phenols is 1. The van der Waals surface area contributed by atoms with Crippen molar-refractivity contribution in [3.8, 4) is 5.75 Å². The van der Waals surface area contributed by atoms with Gasteiger partial charge in [0.1, 0.15) is 5.75 Å². The number of rotatable bonds is 0. The van der Waals surface area contributed by atoms with Gasteiger partial charge >= 0.3 is 0 Å². The first kappa shape index (κ1) is 12.1. The molecule has 0 saturated heterocycles. The highest BCUT2D eigenvalue weighted by atomic mass is 32.1. The summed E-state index contributed by atoms with van der Waals surface area (Å²) in [5.74, 6) is 0.0293. The molecule has 19 heavy (non-hydrogen) atoms. The van der Waals surface area contributed by atoms with E-state index in [0.29, 0.717) is 21.6 Å². The van der Waals surface area contributed by atoms with E-state index in [4.69, 9.17) is 12.2 Å². The molecule has 1 N–H and O–H groups in total. The molecular weight excluding hydrogens is 256 g/mol. The largest absolute Gasteiger partial charge is 0.507 e. The monoisotopic (exact) mass is 268 g/mol. The van der Waals surface area contributed by atoms with E-state index in [0.717, 1.165) is 16.7 Å². The Hall–Kier alpha value is -2.00. The lowest BCUT2D eigenvalue weighted by atomic mass is 9.81. The van der Waals surface area contributed by atoms with Crippen molar-refractivity contribution in [2.45, 2.75) is 13.8 Å². The van der Waals surface area contributed by atoms with Gasteiger partial charge in [0, 0.05) is 22.3 Å². The minimum Gasteiger partial charge on any atom is -0.507 e. The SMILES string of the molecule is Cc1cc(O)c2c(c1C)C(=O)c1ccccc1C2=S. The second-order valence-electron chi connectivity index (χ2n) is 4.79. The Labute approximate surface area is 116 Å². The third kappa shape index (κ3) is 1.55. The number of carbonyl (C=O) groups excluding carboxylic acids is 1. The predicted octanol–water partition coefficient (Wildman–Crippen LogP) is 3.32. The van der Waals surface area contributed by atoms with Crippen molar-refractivity contribution in [3.05, 3.63) is 63.7 Å². The van der Waals surface area contributed by atoms with Gasteiger partial charge in [-0.15, -0.1) is 0 Å². The fraction of sp³-hybridized carbons (Fsp3) is 0.125. The standard InChI is InChI=1S/C16H12O2S/c1-8-7-12(17)14-13(9(8)2)15(18)10-5-3-4-6-11(10)16(14)19/h3-7,17H,1-2H3. The van der Waals surface area contributed by atoms with E-state index in [1.807, 2.05) is 32.0 Å². The van der Waals surface area contributed by atoms with Gasteiger partial charge in [-0.3, -0.25) is 4.79 Å². The number of aryl methyl sites for hydroxylation is 1. The molecule has 0 aromatic heterocycles. The number of hydrogen-bond acceptors (Lipinski definition) is 3. The molecule has 2 aromatic carbocycles. The molecule has 94 valence electrons. The molecule has 0 radical (unpaired) electrons. The number of ketones is 1. The van der Waals surface area contributed by atoms with Crippen LogP contribution in [0.25, 0.3) is 0 Å². The van der Waals surface area contributed by atoms with Crippen LogP contribution in [0.2, 0.25) is 0 Å². The first-order chi connectivity index (χ1) is 9.02. The number of hydrogen-bond donors (Lipinski definition) is 1. The van der Waals surface area contributed by atoms with Crippen LogP contribution in [0.5, 0.6) is 5.75 Å². The quantitative estimate of drug-likeness (QED) is 0.635. The minimum atomic E-state index is -0.0595. The summed E-state index contributed by atoms with van der Waals surface area (Å²) in [4.78, 5) is 13.2. The Balaban J connectivity index is 2.43. The molecule has 0 bridgehead atoms. The molecule has 0 amide bonds. The molecule has 3 heteroatoms. The first-order valence-corrected chi connectivity index (χ1v) is 6.44. The number of benzene rings is 2. The fourth-order valence-corrected chi connectivity index (χ4v) is 2.95. The smallest absolute Gasteiger partial charge is 0.194 e. The van der Waals surface area contributed by atoms with Crippen LogP contribution in [0.4, 0.5) is 0 Å². The zero-order chi connectivity index (χ0) is 13.7. The third-order valence-electron chi connectivity index (χ3n) is 3.70. The van der Waals surface area contributed by atoms with Gasteiger partial charge in [-0.05, 0) is 31.0 Å². The van der Waals surface area contributed by atoms with Crippen molar-refractivity contribution in [2.24, 2.45) is 0 Å². The lowest BCUT2D eigenvalue weighted by Crippen LogP contribution is -2.22. The maximum Gasteiger partial charge on any atom is 0.194 e. The molecular formula is C16H12O2S. The molecule has 1 aliphatic rings. The van der Waals surface area contributed by atoms with Gasteiger partial charge in [-0.2, -0.15) is 0 Å². The summed E-state index contributed by atoms with van der Waals surface area (Å²) in [7, 11) is 0. The van der Waals surface area contributed by atoms with Gasteiger partial charge < -0.3 is 5.11 Å². The highest BCUT2D eigenvalue weighted by Crippen LogP contribution is 2.36. The van der Waals surface area contributed by atoms with Crippen LogP contribution in [0.3, 0.4) is 0 Å². The van der Waals surface area contributed by atoms with Crippen LogP contribution in [-0.4, -0.2) is 15.8 Å². The van der Waals surface area contributed by atoms with E-state index in [1.165, 1.54) is 0 Å². The lowest BCUT2D eigenvalue weighted by molar-refractivity contribution is 0.103. The van der Waals surface area contributed by atoms with E-state index in [1.54, 1.807) is 12.1 Å². The van der Waals surface area contributed by atoms with E-state index in [-0.39, 0.29) is 11.5 Å². The number of phenolic OH excluding ortho intramolecular Hbond substituents is 1. The zero-order valence-corrected chi connectivity index (χ0v) is 11.5. The van der Waals surface area contributed by atoms with Crippen LogP contribution in [-0.2, 0) is 0 Å². The second kappa shape index (κ2) is 4.00. The summed E-state index contributed by atoms with van der Waals surface area (Å²) in [6.45, 7) is 3.77. The molecule has 0 saturated carbocycles. The van der Waals surface area contributed by atoms with Crippen molar-refractivity contribution in [1.29, 1.82) is 0 Å². The summed E-state index contributed by atoms with van der Waals surface area (Å²) >= 11 is 5.45. The maximum absolute atomic E-state index is 12.6. The number of aromatic hydroxyl groups is 1. The van der Waals surface area contributed by atoms with Crippen LogP contribution >= 0.6 is 12.2 Å². The number of fused-ring (bicyclic) bond motifs is 2. The van der Waals surface area contributed by atoms with Crippen molar-refractivity contribution in [3.63, 3.8) is 0 Å². The topological polar surface area (TPSA) is 37.3 Å². The summed E-state index contributed by atoms with van der Waals surface area (Å²) in [6, 6.07) is 8.96. The Kier molecular flexibility index (Phi) is 2.54. The molecule has 0 spiro atoms. The molecule has 2 nitrogen and oxygen atoms in total. The van der Waals surface area contributed by atoms with Crippen molar-refractivity contribution in [2.75, 3.05) is 0 Å². The summed E-state index contributed by atoms with van der Waals surface area (Å²) in [6.07, 6.45) is 0. The zero-order valence-electron chi connectivity index (χ0n) is 10.7.